The summed E-state index contributed by atoms with van der Waals surface area (Å²) >= 11 is 0. The fourth-order valence-corrected chi connectivity index (χ4v) is 3.13. The van der Waals surface area contributed by atoms with Crippen LogP contribution in [0.5, 0.6) is 5.75 Å². The number of nitrogens with two attached hydrogens (primary N) is 1. The van der Waals surface area contributed by atoms with Gasteiger partial charge in [-0.1, -0.05) is 83.6 Å². The molecule has 1 aromatic rings. The number of nitrogen functional groups attached to an aromatic ring is 1. The summed E-state index contributed by atoms with van der Waals surface area (Å²) in [6.07, 6.45) is 17.2. The molecule has 0 aliphatic heterocycles. The molecule has 24 heavy (non-hydrogen) atoms. The molecule has 4 N–H and O–H groups in total. The van der Waals surface area contributed by atoms with Crippen LogP contribution in [0.4, 0.5) is 0 Å². The Balaban J connectivity index is 1.99. The van der Waals surface area contributed by atoms with Gasteiger partial charge >= 0.3 is 0 Å². The maximum Gasteiger partial charge on any atom is 0.126 e. The van der Waals surface area contributed by atoms with E-state index in [-0.39, 0.29) is 11.6 Å². The molecule has 0 amide bonds. The molecule has 3 heteroatoms. The molecule has 1 rings (SSSR count). The average Bonchev–Trinajstić information content (AvgIpc) is 2.55. The second-order valence-corrected chi connectivity index (χ2v) is 6.90. The molecule has 0 aromatic heterocycles. The summed E-state index contributed by atoms with van der Waals surface area (Å²) in [6.45, 7) is 2.27. The Labute approximate surface area is 148 Å². The number of aromatic hydroxyl groups is 1. The van der Waals surface area contributed by atoms with Gasteiger partial charge in [0.2, 0.25) is 0 Å². The Kier molecular flexibility index (Phi) is 11.0. The van der Waals surface area contributed by atoms with Gasteiger partial charge in [0.15, 0.2) is 0 Å². The lowest BCUT2D eigenvalue weighted by atomic mass is 10.0. The molecule has 3 nitrogen and oxygen atoms in total. The lowest BCUT2D eigenvalue weighted by Crippen LogP contribution is -2.11. The SMILES string of the molecule is CCCCCCCCCCCCCCc1ccc(C(=N)N)c(O)c1. The topological polar surface area (TPSA) is 70.1 Å². The summed E-state index contributed by atoms with van der Waals surface area (Å²) in [7, 11) is 0. The van der Waals surface area contributed by atoms with E-state index in [0.29, 0.717) is 5.56 Å². The molecular weight excluding hydrogens is 296 g/mol. The first-order valence-electron chi connectivity index (χ1n) is 9.81. The molecule has 0 aliphatic carbocycles. The van der Waals surface area contributed by atoms with E-state index < -0.39 is 0 Å². The molecule has 0 aliphatic rings. The van der Waals surface area contributed by atoms with Crippen LogP contribution in [0.3, 0.4) is 0 Å². The normalized spacial score (nSPS) is 10.9. The molecule has 0 unspecified atom stereocenters. The number of unbranched alkanes of at least 4 members (excludes halogenated alkanes) is 11. The molecule has 0 spiro atoms. The number of phenolic OH excluding ortho intramolecular Hbond substituents is 1. The molecule has 1 aromatic carbocycles. The standard InChI is InChI=1S/C21H36N2O/c1-2-3-4-5-6-7-8-9-10-11-12-13-14-18-15-16-19(21(22)23)20(24)17-18/h15-17,24H,2-14H2,1H3,(H3,22,23). The molecule has 0 bridgehead atoms. The van der Waals surface area contributed by atoms with Crippen LogP contribution in [0.15, 0.2) is 18.2 Å². The highest BCUT2D eigenvalue weighted by Gasteiger charge is 2.05. The maximum atomic E-state index is 9.83. The lowest BCUT2D eigenvalue weighted by Gasteiger charge is -2.06. The summed E-state index contributed by atoms with van der Waals surface area (Å²) < 4.78 is 0. The van der Waals surface area contributed by atoms with E-state index in [0.717, 1.165) is 18.4 Å². The largest absolute Gasteiger partial charge is 0.507 e. The van der Waals surface area contributed by atoms with E-state index in [9.17, 15) is 5.11 Å². The highest BCUT2D eigenvalue weighted by molar-refractivity contribution is 5.97. The number of nitrogens with one attached hydrogen (secondary N) is 1. The molecule has 0 atom stereocenters. The van der Waals surface area contributed by atoms with Crippen LogP contribution in [0, 0.1) is 5.41 Å². The molecule has 136 valence electrons. The van der Waals surface area contributed by atoms with Gasteiger partial charge in [0.1, 0.15) is 11.6 Å². The highest BCUT2D eigenvalue weighted by atomic mass is 16.3. The number of amidine groups is 1. The van der Waals surface area contributed by atoms with Crippen molar-refractivity contribution in [3.63, 3.8) is 0 Å². The number of hydrogen-bond donors (Lipinski definition) is 3. The Hall–Kier alpha value is -1.51. The van der Waals surface area contributed by atoms with Crippen LogP contribution >= 0.6 is 0 Å². The van der Waals surface area contributed by atoms with E-state index in [4.69, 9.17) is 11.1 Å². The zero-order chi connectivity index (χ0) is 17.6. The second kappa shape index (κ2) is 12.9. The number of benzene rings is 1. The van der Waals surface area contributed by atoms with Gasteiger partial charge in [-0.05, 0) is 30.5 Å². The van der Waals surface area contributed by atoms with Crippen LogP contribution in [0.25, 0.3) is 0 Å². The first-order valence-corrected chi connectivity index (χ1v) is 9.81. The summed E-state index contributed by atoms with van der Waals surface area (Å²) in [4.78, 5) is 0. The minimum Gasteiger partial charge on any atom is -0.507 e. The third kappa shape index (κ3) is 8.95. The smallest absolute Gasteiger partial charge is 0.126 e. The molecule has 0 saturated heterocycles. The zero-order valence-corrected chi connectivity index (χ0v) is 15.4. The van der Waals surface area contributed by atoms with Crippen LogP contribution in [0.2, 0.25) is 0 Å². The fourth-order valence-electron chi connectivity index (χ4n) is 3.13. The Morgan fingerprint density at radius 2 is 1.38 bits per heavy atom. The third-order valence-corrected chi connectivity index (χ3v) is 4.67. The van der Waals surface area contributed by atoms with Gasteiger partial charge in [0.05, 0.1) is 5.56 Å². The summed E-state index contributed by atoms with van der Waals surface area (Å²) in [5.41, 5.74) is 6.96. The van der Waals surface area contributed by atoms with Gasteiger partial charge in [-0.25, -0.2) is 0 Å². The van der Waals surface area contributed by atoms with Gasteiger partial charge in [-0.2, -0.15) is 0 Å². The number of hydrogen-bond acceptors (Lipinski definition) is 2. The van der Waals surface area contributed by atoms with Gasteiger partial charge < -0.3 is 10.8 Å². The summed E-state index contributed by atoms with van der Waals surface area (Å²) in [6, 6.07) is 5.46. The highest BCUT2D eigenvalue weighted by Crippen LogP contribution is 2.20. The van der Waals surface area contributed by atoms with Gasteiger partial charge in [0, 0.05) is 0 Å². The predicted octanol–water partition coefficient (Wildman–Crippen LogP) is 5.92. The van der Waals surface area contributed by atoms with Gasteiger partial charge in [-0.3, -0.25) is 5.41 Å². The number of aryl methyl sites for hydroxylation is 1. The quantitative estimate of drug-likeness (QED) is 0.225. The van der Waals surface area contributed by atoms with E-state index in [1.807, 2.05) is 6.07 Å². The number of phenols is 1. The van der Waals surface area contributed by atoms with E-state index in [1.54, 1.807) is 12.1 Å². The van der Waals surface area contributed by atoms with Crippen molar-refractivity contribution in [1.82, 2.24) is 0 Å². The Bertz CT molecular complexity index is 471. The van der Waals surface area contributed by atoms with Crippen molar-refractivity contribution in [3.8, 4) is 5.75 Å². The molecule has 0 heterocycles. The Morgan fingerprint density at radius 3 is 1.83 bits per heavy atom. The zero-order valence-electron chi connectivity index (χ0n) is 15.4. The van der Waals surface area contributed by atoms with Crippen LogP contribution in [0.1, 0.15) is 95.1 Å². The van der Waals surface area contributed by atoms with Crippen LogP contribution in [-0.4, -0.2) is 10.9 Å². The van der Waals surface area contributed by atoms with E-state index >= 15 is 0 Å². The maximum absolute atomic E-state index is 9.83. The van der Waals surface area contributed by atoms with Crippen molar-refractivity contribution in [3.05, 3.63) is 29.3 Å². The van der Waals surface area contributed by atoms with Crippen LogP contribution in [-0.2, 0) is 6.42 Å². The molecule has 0 saturated carbocycles. The van der Waals surface area contributed by atoms with Gasteiger partial charge in [0.25, 0.3) is 0 Å². The minimum atomic E-state index is -0.0792. The average molecular weight is 333 g/mol. The molecular formula is C21H36N2O. The van der Waals surface area contributed by atoms with Crippen molar-refractivity contribution in [2.45, 2.75) is 90.4 Å². The van der Waals surface area contributed by atoms with Gasteiger partial charge in [-0.15, -0.1) is 0 Å². The second-order valence-electron chi connectivity index (χ2n) is 6.90. The van der Waals surface area contributed by atoms with Crippen molar-refractivity contribution in [1.29, 1.82) is 5.41 Å². The minimum absolute atomic E-state index is 0.0792. The number of rotatable bonds is 14. The van der Waals surface area contributed by atoms with Crippen molar-refractivity contribution < 1.29 is 5.11 Å². The van der Waals surface area contributed by atoms with Crippen molar-refractivity contribution >= 4 is 5.84 Å². The predicted molar refractivity (Wildman–Crippen MR) is 104 cm³/mol. The first-order chi connectivity index (χ1) is 11.6. The van der Waals surface area contributed by atoms with E-state index in [1.165, 1.54) is 70.6 Å². The third-order valence-electron chi connectivity index (χ3n) is 4.67. The summed E-state index contributed by atoms with van der Waals surface area (Å²) in [5.74, 6) is 0.0448. The van der Waals surface area contributed by atoms with E-state index in [2.05, 4.69) is 6.92 Å². The first kappa shape index (κ1) is 20.5. The van der Waals surface area contributed by atoms with Crippen molar-refractivity contribution in [2.75, 3.05) is 0 Å². The summed E-state index contributed by atoms with van der Waals surface area (Å²) in [5, 5.41) is 17.2. The fraction of sp³-hybridized carbons (Fsp3) is 0.667. The van der Waals surface area contributed by atoms with Crippen molar-refractivity contribution in [2.24, 2.45) is 5.73 Å². The Morgan fingerprint density at radius 1 is 0.875 bits per heavy atom. The van der Waals surface area contributed by atoms with Crippen LogP contribution < -0.4 is 5.73 Å². The molecule has 0 radical (unpaired) electrons. The monoisotopic (exact) mass is 332 g/mol. The lowest BCUT2D eigenvalue weighted by molar-refractivity contribution is 0.473. The molecule has 0 fully saturated rings.